The molecular formula is C9H17NO6S. The molecule has 7 nitrogen and oxygen atoms in total. The summed E-state index contributed by atoms with van der Waals surface area (Å²) in [6.45, 7) is 4.81. The van der Waals surface area contributed by atoms with Crippen LogP contribution in [0.5, 0.6) is 0 Å². The fourth-order valence-electron chi connectivity index (χ4n) is 0.744. The number of sulfonamides is 1. The molecule has 8 heteroatoms. The SMILES string of the molecule is COC(=O)CS(=O)(=O)N(C)C(=O)OC(C)(C)C. The second-order valence-corrected chi connectivity index (χ2v) is 6.28. The Balaban J connectivity index is 4.75. The summed E-state index contributed by atoms with van der Waals surface area (Å²) in [6.07, 6.45) is -1.04. The number of hydrogen-bond acceptors (Lipinski definition) is 6. The van der Waals surface area contributed by atoms with Gasteiger partial charge in [0.05, 0.1) is 7.11 Å². The average molecular weight is 267 g/mol. The molecule has 0 aliphatic heterocycles. The molecule has 17 heavy (non-hydrogen) atoms. The summed E-state index contributed by atoms with van der Waals surface area (Å²) in [5.41, 5.74) is -0.813. The summed E-state index contributed by atoms with van der Waals surface area (Å²) in [4.78, 5) is 22.3. The van der Waals surface area contributed by atoms with E-state index in [-0.39, 0.29) is 0 Å². The van der Waals surface area contributed by atoms with Crippen LogP contribution in [0.3, 0.4) is 0 Å². The third-order valence-electron chi connectivity index (χ3n) is 1.60. The largest absolute Gasteiger partial charge is 0.468 e. The van der Waals surface area contributed by atoms with Gasteiger partial charge in [0.25, 0.3) is 10.0 Å². The molecule has 0 aliphatic rings. The number of rotatable bonds is 3. The predicted molar refractivity (Wildman–Crippen MR) is 59.8 cm³/mol. The molecule has 0 radical (unpaired) electrons. The summed E-state index contributed by atoms with van der Waals surface area (Å²) in [5, 5.41) is 0. The number of methoxy groups -OCH3 is 1. The second-order valence-electron chi connectivity index (χ2n) is 4.28. The van der Waals surface area contributed by atoms with Crippen LogP contribution in [0.1, 0.15) is 20.8 Å². The van der Waals surface area contributed by atoms with E-state index in [1.165, 1.54) is 0 Å². The quantitative estimate of drug-likeness (QED) is 0.686. The van der Waals surface area contributed by atoms with E-state index in [0.717, 1.165) is 14.2 Å². The first-order valence-corrected chi connectivity index (χ1v) is 6.37. The van der Waals surface area contributed by atoms with Crippen LogP contribution in [0.25, 0.3) is 0 Å². The van der Waals surface area contributed by atoms with Gasteiger partial charge in [0.2, 0.25) is 0 Å². The highest BCUT2D eigenvalue weighted by Gasteiger charge is 2.30. The minimum atomic E-state index is -4.06. The van der Waals surface area contributed by atoms with Crippen molar-refractivity contribution in [2.45, 2.75) is 26.4 Å². The van der Waals surface area contributed by atoms with E-state index in [2.05, 4.69) is 4.74 Å². The van der Waals surface area contributed by atoms with E-state index in [4.69, 9.17) is 4.74 Å². The maximum Gasteiger partial charge on any atom is 0.423 e. The van der Waals surface area contributed by atoms with Crippen LogP contribution in [0.4, 0.5) is 4.79 Å². The molecule has 0 fully saturated rings. The van der Waals surface area contributed by atoms with Gasteiger partial charge in [-0.05, 0) is 20.8 Å². The van der Waals surface area contributed by atoms with Crippen molar-refractivity contribution >= 4 is 22.1 Å². The molecule has 0 aliphatic carbocycles. The van der Waals surface area contributed by atoms with Crippen LogP contribution in [0, 0.1) is 0 Å². The van der Waals surface area contributed by atoms with Gasteiger partial charge in [-0.2, -0.15) is 0 Å². The van der Waals surface area contributed by atoms with Gasteiger partial charge in [-0.1, -0.05) is 0 Å². The van der Waals surface area contributed by atoms with Crippen LogP contribution in [0.2, 0.25) is 0 Å². The van der Waals surface area contributed by atoms with E-state index in [9.17, 15) is 18.0 Å². The standard InChI is InChI=1S/C9H17NO6S/c1-9(2,3)16-8(12)10(4)17(13,14)6-7(11)15-5/h6H2,1-5H3. The molecule has 0 saturated carbocycles. The van der Waals surface area contributed by atoms with Crippen molar-refractivity contribution in [1.82, 2.24) is 4.31 Å². The Morgan fingerprint density at radius 3 is 2.06 bits per heavy atom. The lowest BCUT2D eigenvalue weighted by Crippen LogP contribution is -2.40. The summed E-state index contributed by atoms with van der Waals surface area (Å²) >= 11 is 0. The lowest BCUT2D eigenvalue weighted by atomic mass is 10.2. The highest BCUT2D eigenvalue weighted by atomic mass is 32.2. The normalized spacial score (nSPS) is 11.8. The number of amides is 1. The van der Waals surface area contributed by atoms with E-state index >= 15 is 0 Å². The van der Waals surface area contributed by atoms with Crippen molar-refractivity contribution < 1.29 is 27.5 Å². The van der Waals surface area contributed by atoms with E-state index in [0.29, 0.717) is 4.31 Å². The van der Waals surface area contributed by atoms with Crippen LogP contribution < -0.4 is 0 Å². The Morgan fingerprint density at radius 1 is 1.24 bits per heavy atom. The Hall–Kier alpha value is -1.31. The fourth-order valence-corrected chi connectivity index (χ4v) is 1.62. The van der Waals surface area contributed by atoms with Gasteiger partial charge in [0.15, 0.2) is 5.75 Å². The zero-order chi connectivity index (χ0) is 13.9. The van der Waals surface area contributed by atoms with Gasteiger partial charge < -0.3 is 9.47 Å². The Labute approximate surface area is 101 Å². The minimum Gasteiger partial charge on any atom is -0.468 e. The zero-order valence-corrected chi connectivity index (χ0v) is 11.3. The van der Waals surface area contributed by atoms with Crippen molar-refractivity contribution in [3.05, 3.63) is 0 Å². The lowest BCUT2D eigenvalue weighted by molar-refractivity contribution is -0.137. The fraction of sp³-hybridized carbons (Fsp3) is 0.778. The maximum absolute atomic E-state index is 11.6. The lowest BCUT2D eigenvalue weighted by Gasteiger charge is -2.23. The van der Waals surface area contributed by atoms with Crippen molar-refractivity contribution in [3.8, 4) is 0 Å². The van der Waals surface area contributed by atoms with Gasteiger partial charge >= 0.3 is 12.1 Å². The average Bonchev–Trinajstić information content (AvgIpc) is 2.13. The zero-order valence-electron chi connectivity index (χ0n) is 10.5. The highest BCUT2D eigenvalue weighted by molar-refractivity contribution is 7.90. The van der Waals surface area contributed by atoms with Crippen LogP contribution in [-0.2, 0) is 24.3 Å². The van der Waals surface area contributed by atoms with E-state index < -0.39 is 33.4 Å². The predicted octanol–water partition coefficient (Wildman–Crippen LogP) is 0.356. The summed E-state index contributed by atoms with van der Waals surface area (Å²) in [6, 6.07) is 0. The van der Waals surface area contributed by atoms with Gasteiger partial charge in [-0.25, -0.2) is 17.5 Å². The number of hydrogen-bond donors (Lipinski definition) is 0. The van der Waals surface area contributed by atoms with Crippen LogP contribution in [0.15, 0.2) is 0 Å². The molecule has 0 aromatic heterocycles. The smallest absolute Gasteiger partial charge is 0.423 e. The van der Waals surface area contributed by atoms with Crippen LogP contribution >= 0.6 is 0 Å². The topological polar surface area (TPSA) is 90.0 Å². The highest BCUT2D eigenvalue weighted by Crippen LogP contribution is 2.11. The van der Waals surface area contributed by atoms with Crippen molar-refractivity contribution in [2.75, 3.05) is 19.9 Å². The molecule has 0 spiro atoms. The third kappa shape index (κ3) is 5.53. The molecule has 0 saturated heterocycles. The number of ether oxygens (including phenoxy) is 2. The Kier molecular flexibility index (Phi) is 4.94. The molecule has 0 rings (SSSR count). The molecule has 0 bridgehead atoms. The van der Waals surface area contributed by atoms with E-state index in [1.807, 2.05) is 0 Å². The summed E-state index contributed by atoms with van der Waals surface area (Å²) < 4.78 is 32.6. The minimum absolute atomic E-state index is 0.384. The second kappa shape index (κ2) is 5.35. The number of carbonyl (C=O) groups is 2. The first kappa shape index (κ1) is 15.7. The van der Waals surface area contributed by atoms with Crippen molar-refractivity contribution in [1.29, 1.82) is 0 Å². The summed E-state index contributed by atoms with van der Waals surface area (Å²) in [7, 11) is -1.98. The number of esters is 1. The molecule has 100 valence electrons. The molecule has 0 atom stereocenters. The first-order chi connectivity index (χ1) is 7.49. The maximum atomic E-state index is 11.6. The molecule has 1 amide bonds. The molecule has 0 aromatic rings. The summed E-state index contributed by atoms with van der Waals surface area (Å²) in [5.74, 6) is -1.85. The molecule has 0 aromatic carbocycles. The third-order valence-corrected chi connectivity index (χ3v) is 3.18. The van der Waals surface area contributed by atoms with Gasteiger partial charge in [0, 0.05) is 7.05 Å². The number of carbonyl (C=O) groups excluding carboxylic acids is 2. The Bertz CT molecular complexity index is 394. The first-order valence-electron chi connectivity index (χ1n) is 4.76. The van der Waals surface area contributed by atoms with Gasteiger partial charge in [-0.15, -0.1) is 0 Å². The monoisotopic (exact) mass is 267 g/mol. The molecule has 0 N–H and O–H groups in total. The van der Waals surface area contributed by atoms with Crippen molar-refractivity contribution in [3.63, 3.8) is 0 Å². The van der Waals surface area contributed by atoms with Gasteiger partial charge in [-0.3, -0.25) is 4.79 Å². The van der Waals surface area contributed by atoms with Crippen LogP contribution in [-0.4, -0.2) is 50.3 Å². The van der Waals surface area contributed by atoms with Gasteiger partial charge in [0.1, 0.15) is 5.60 Å². The Morgan fingerprint density at radius 2 is 1.71 bits per heavy atom. The van der Waals surface area contributed by atoms with Crippen molar-refractivity contribution in [2.24, 2.45) is 0 Å². The number of nitrogens with zero attached hydrogens (tertiary/aromatic N) is 1. The molecule has 0 heterocycles. The van der Waals surface area contributed by atoms with E-state index in [1.54, 1.807) is 20.8 Å². The molecule has 0 unspecified atom stereocenters. The molecular weight excluding hydrogens is 250 g/mol.